The molecule has 2 rings (SSSR count). The molecule has 1 aromatic carbocycles. The van der Waals surface area contributed by atoms with Crippen molar-refractivity contribution in [1.82, 2.24) is 4.98 Å². The third kappa shape index (κ3) is 1.78. The molecule has 0 unspecified atom stereocenters. The van der Waals surface area contributed by atoms with Crippen LogP contribution in [-0.2, 0) is 6.54 Å². The van der Waals surface area contributed by atoms with Gasteiger partial charge in [-0.1, -0.05) is 18.2 Å². The number of hydrogen-bond acceptors (Lipinski definition) is 3. The number of rotatable bonds is 2. The summed E-state index contributed by atoms with van der Waals surface area (Å²) in [5, 5.41) is 1.14. The summed E-state index contributed by atoms with van der Waals surface area (Å²) in [6.45, 7) is 0.519. The molecule has 1 aromatic heterocycles. The predicted octanol–water partition coefficient (Wildman–Crippen LogP) is 1.76. The summed E-state index contributed by atoms with van der Waals surface area (Å²) in [4.78, 5) is 6.59. The second-order valence-electron chi connectivity index (χ2n) is 3.76. The highest BCUT2D eigenvalue weighted by atomic mass is 15.1. The van der Waals surface area contributed by atoms with Gasteiger partial charge in [0.25, 0.3) is 0 Å². The molecule has 3 heteroatoms. The number of fused-ring (bicyclic) bond motifs is 1. The van der Waals surface area contributed by atoms with Gasteiger partial charge in [-0.05, 0) is 12.1 Å². The van der Waals surface area contributed by atoms with Gasteiger partial charge in [-0.3, -0.25) is 0 Å². The zero-order valence-electron chi connectivity index (χ0n) is 9.07. The maximum absolute atomic E-state index is 5.71. The maximum Gasteiger partial charge on any atom is 0.133 e. The number of benzene rings is 1. The van der Waals surface area contributed by atoms with Gasteiger partial charge in [0, 0.05) is 31.6 Å². The van der Waals surface area contributed by atoms with Crippen LogP contribution in [0.3, 0.4) is 0 Å². The van der Waals surface area contributed by atoms with Crippen molar-refractivity contribution < 1.29 is 0 Å². The summed E-state index contributed by atoms with van der Waals surface area (Å²) in [6, 6.07) is 10.2. The van der Waals surface area contributed by atoms with Crippen LogP contribution in [-0.4, -0.2) is 19.1 Å². The van der Waals surface area contributed by atoms with Crippen LogP contribution >= 0.6 is 0 Å². The van der Waals surface area contributed by atoms with Gasteiger partial charge in [0.15, 0.2) is 0 Å². The minimum absolute atomic E-state index is 0.519. The Morgan fingerprint density at radius 1 is 1.27 bits per heavy atom. The van der Waals surface area contributed by atoms with E-state index < -0.39 is 0 Å². The topological polar surface area (TPSA) is 42.2 Å². The molecule has 0 aliphatic carbocycles. The number of nitrogens with zero attached hydrogens (tertiary/aromatic N) is 2. The molecule has 0 fully saturated rings. The maximum atomic E-state index is 5.71. The van der Waals surface area contributed by atoms with Crippen LogP contribution < -0.4 is 10.6 Å². The monoisotopic (exact) mass is 201 g/mol. The van der Waals surface area contributed by atoms with Crippen LogP contribution in [0.15, 0.2) is 30.3 Å². The van der Waals surface area contributed by atoms with Gasteiger partial charge < -0.3 is 10.6 Å². The normalized spacial score (nSPS) is 10.6. The highest BCUT2D eigenvalue weighted by Gasteiger charge is 2.06. The first-order valence-corrected chi connectivity index (χ1v) is 4.98. The zero-order chi connectivity index (χ0) is 10.8. The first kappa shape index (κ1) is 9.93. The Bertz CT molecular complexity index is 477. The van der Waals surface area contributed by atoms with Crippen molar-refractivity contribution in [2.75, 3.05) is 19.0 Å². The van der Waals surface area contributed by atoms with E-state index in [1.54, 1.807) is 0 Å². The molecule has 2 N–H and O–H groups in total. The van der Waals surface area contributed by atoms with Crippen molar-refractivity contribution in [2.24, 2.45) is 5.73 Å². The van der Waals surface area contributed by atoms with Crippen molar-refractivity contribution in [3.63, 3.8) is 0 Å². The van der Waals surface area contributed by atoms with Crippen molar-refractivity contribution in [2.45, 2.75) is 6.54 Å². The summed E-state index contributed by atoms with van der Waals surface area (Å²) in [6.07, 6.45) is 0. The molecule has 0 saturated carbocycles. The molecule has 1 heterocycles. The van der Waals surface area contributed by atoms with Crippen molar-refractivity contribution in [1.29, 1.82) is 0 Å². The Balaban J connectivity index is 2.69. The van der Waals surface area contributed by atoms with E-state index in [9.17, 15) is 0 Å². The van der Waals surface area contributed by atoms with E-state index in [0.717, 1.165) is 22.3 Å². The summed E-state index contributed by atoms with van der Waals surface area (Å²) in [7, 11) is 3.96. The van der Waals surface area contributed by atoms with E-state index in [-0.39, 0.29) is 0 Å². The van der Waals surface area contributed by atoms with Gasteiger partial charge in [0.2, 0.25) is 0 Å². The molecule has 0 bridgehead atoms. The van der Waals surface area contributed by atoms with Crippen LogP contribution in [0.25, 0.3) is 10.9 Å². The first-order valence-electron chi connectivity index (χ1n) is 4.98. The van der Waals surface area contributed by atoms with Crippen molar-refractivity contribution in [3.05, 3.63) is 35.9 Å². The fraction of sp³-hybridized carbons (Fsp3) is 0.250. The number of aromatic nitrogens is 1. The lowest BCUT2D eigenvalue weighted by atomic mass is 10.1. The number of nitrogens with two attached hydrogens (primary N) is 1. The molecule has 3 nitrogen and oxygen atoms in total. The van der Waals surface area contributed by atoms with Crippen LogP contribution in [0.4, 0.5) is 5.82 Å². The van der Waals surface area contributed by atoms with E-state index in [0.29, 0.717) is 6.54 Å². The number of anilines is 1. The first-order chi connectivity index (χ1) is 7.22. The third-order valence-corrected chi connectivity index (χ3v) is 2.42. The molecule has 0 atom stereocenters. The zero-order valence-corrected chi connectivity index (χ0v) is 9.07. The lowest BCUT2D eigenvalue weighted by molar-refractivity contribution is 0.998. The van der Waals surface area contributed by atoms with Gasteiger partial charge in [0.05, 0.1) is 5.52 Å². The molecular formula is C12H15N3. The quantitative estimate of drug-likeness (QED) is 0.805. The Hall–Kier alpha value is -1.61. The third-order valence-electron chi connectivity index (χ3n) is 2.42. The summed E-state index contributed by atoms with van der Waals surface area (Å²) in [5.41, 5.74) is 7.81. The van der Waals surface area contributed by atoms with E-state index in [2.05, 4.69) is 17.1 Å². The molecule has 2 aromatic rings. The second kappa shape index (κ2) is 3.87. The van der Waals surface area contributed by atoms with Crippen molar-refractivity contribution >= 4 is 16.7 Å². The van der Waals surface area contributed by atoms with E-state index >= 15 is 0 Å². The standard InChI is InChI=1S/C12H15N3/c1-15(2)12-10(8-13)7-9-5-3-4-6-11(9)14-12/h3-7H,8,13H2,1-2H3. The van der Waals surface area contributed by atoms with Gasteiger partial charge in [-0.25, -0.2) is 4.98 Å². The molecule has 0 aliphatic heterocycles. The van der Waals surface area contributed by atoms with Crippen LogP contribution in [0.1, 0.15) is 5.56 Å². The summed E-state index contributed by atoms with van der Waals surface area (Å²) in [5.74, 6) is 0.955. The molecule has 0 spiro atoms. The Kier molecular flexibility index (Phi) is 2.56. The van der Waals surface area contributed by atoms with Gasteiger partial charge in [-0.2, -0.15) is 0 Å². The largest absolute Gasteiger partial charge is 0.362 e. The minimum Gasteiger partial charge on any atom is -0.362 e. The number of para-hydroxylation sites is 1. The van der Waals surface area contributed by atoms with E-state index in [1.165, 1.54) is 0 Å². The van der Waals surface area contributed by atoms with Crippen LogP contribution in [0.2, 0.25) is 0 Å². The summed E-state index contributed by atoms with van der Waals surface area (Å²) >= 11 is 0. The molecule has 0 saturated heterocycles. The predicted molar refractivity (Wildman–Crippen MR) is 64.0 cm³/mol. The molecule has 15 heavy (non-hydrogen) atoms. The minimum atomic E-state index is 0.519. The average molecular weight is 201 g/mol. The molecule has 0 amide bonds. The van der Waals surface area contributed by atoms with Gasteiger partial charge >= 0.3 is 0 Å². The van der Waals surface area contributed by atoms with Crippen molar-refractivity contribution in [3.8, 4) is 0 Å². The second-order valence-corrected chi connectivity index (χ2v) is 3.76. The lowest BCUT2D eigenvalue weighted by Gasteiger charge is -2.16. The molecule has 0 aliphatic rings. The smallest absolute Gasteiger partial charge is 0.133 e. The average Bonchev–Trinajstić information content (AvgIpc) is 2.27. The van der Waals surface area contributed by atoms with Gasteiger partial charge in [0.1, 0.15) is 5.82 Å². The van der Waals surface area contributed by atoms with Gasteiger partial charge in [-0.15, -0.1) is 0 Å². The highest BCUT2D eigenvalue weighted by Crippen LogP contribution is 2.21. The lowest BCUT2D eigenvalue weighted by Crippen LogP contribution is -2.15. The molecule has 78 valence electrons. The summed E-state index contributed by atoms with van der Waals surface area (Å²) < 4.78 is 0. The number of pyridine rings is 1. The van der Waals surface area contributed by atoms with E-state index in [4.69, 9.17) is 5.73 Å². The number of hydrogen-bond donors (Lipinski definition) is 1. The molecular weight excluding hydrogens is 186 g/mol. The highest BCUT2D eigenvalue weighted by molar-refractivity contribution is 5.81. The Morgan fingerprint density at radius 2 is 2.00 bits per heavy atom. The fourth-order valence-corrected chi connectivity index (χ4v) is 1.69. The van der Waals surface area contributed by atoms with E-state index in [1.807, 2.05) is 37.2 Å². The molecule has 0 radical (unpaired) electrons. The SMILES string of the molecule is CN(C)c1nc2ccccc2cc1CN. The van der Waals surface area contributed by atoms with Crippen LogP contribution in [0, 0.1) is 0 Å². The fourth-order valence-electron chi connectivity index (χ4n) is 1.69. The Morgan fingerprint density at radius 3 is 2.67 bits per heavy atom. The Labute approximate surface area is 89.5 Å². The van der Waals surface area contributed by atoms with Crippen LogP contribution in [0.5, 0.6) is 0 Å².